The molecule has 6 nitrogen and oxygen atoms in total. The van der Waals surface area contributed by atoms with Crippen molar-refractivity contribution in [2.45, 2.75) is 0 Å². The first-order valence-corrected chi connectivity index (χ1v) is 8.55. The van der Waals surface area contributed by atoms with Crippen molar-refractivity contribution < 1.29 is 13.6 Å². The smallest absolute Gasteiger partial charge is 0.255 e. The van der Waals surface area contributed by atoms with Crippen molar-refractivity contribution in [3.8, 4) is 22.5 Å². The molecule has 0 radical (unpaired) electrons. The summed E-state index contributed by atoms with van der Waals surface area (Å²) in [4.78, 5) is 29.0. The summed E-state index contributed by atoms with van der Waals surface area (Å²) in [6.07, 6.45) is 6.01. The Morgan fingerprint density at radius 3 is 2.14 bits per heavy atom. The van der Waals surface area contributed by atoms with Gasteiger partial charge >= 0.3 is 0 Å². The Morgan fingerprint density at radius 1 is 0.793 bits per heavy atom. The molecular formula is C21H13F2N5O. The third-order valence-corrected chi connectivity index (χ3v) is 4.17. The summed E-state index contributed by atoms with van der Waals surface area (Å²) >= 11 is 0. The van der Waals surface area contributed by atoms with E-state index in [1.165, 1.54) is 12.7 Å². The van der Waals surface area contributed by atoms with Crippen LogP contribution in [0.25, 0.3) is 22.5 Å². The third-order valence-electron chi connectivity index (χ3n) is 4.17. The summed E-state index contributed by atoms with van der Waals surface area (Å²) in [5, 5.41) is 2.39. The van der Waals surface area contributed by atoms with Crippen LogP contribution in [-0.4, -0.2) is 25.8 Å². The fraction of sp³-hybridized carbons (Fsp3) is 0. The molecule has 142 valence electrons. The van der Waals surface area contributed by atoms with E-state index in [2.05, 4.69) is 25.3 Å². The number of rotatable bonds is 4. The van der Waals surface area contributed by atoms with Crippen LogP contribution in [0, 0.1) is 11.6 Å². The van der Waals surface area contributed by atoms with Crippen LogP contribution in [0.5, 0.6) is 0 Å². The van der Waals surface area contributed by atoms with Gasteiger partial charge in [-0.1, -0.05) is 6.07 Å². The predicted molar refractivity (Wildman–Crippen MR) is 103 cm³/mol. The van der Waals surface area contributed by atoms with Gasteiger partial charge in [0.25, 0.3) is 5.91 Å². The van der Waals surface area contributed by atoms with Crippen LogP contribution in [0.4, 0.5) is 14.5 Å². The molecule has 0 aliphatic carbocycles. The highest BCUT2D eigenvalue weighted by atomic mass is 19.1. The van der Waals surface area contributed by atoms with Crippen LogP contribution in [-0.2, 0) is 0 Å². The largest absolute Gasteiger partial charge is 0.319 e. The van der Waals surface area contributed by atoms with E-state index in [0.29, 0.717) is 17.0 Å². The highest BCUT2D eigenvalue weighted by molar-refractivity contribution is 6.05. The van der Waals surface area contributed by atoms with Crippen LogP contribution in [0.2, 0.25) is 0 Å². The Hall–Kier alpha value is -4.07. The van der Waals surface area contributed by atoms with Crippen molar-refractivity contribution in [1.29, 1.82) is 0 Å². The number of nitrogens with zero attached hydrogens (tertiary/aromatic N) is 4. The first-order valence-electron chi connectivity index (χ1n) is 8.55. The molecule has 0 fully saturated rings. The number of amides is 1. The minimum atomic E-state index is -0.728. The van der Waals surface area contributed by atoms with Crippen LogP contribution in [0.15, 0.2) is 73.6 Å². The molecule has 4 rings (SSSR count). The molecule has 0 unspecified atom stereocenters. The average Bonchev–Trinajstić information content (AvgIpc) is 2.77. The quantitative estimate of drug-likeness (QED) is 0.568. The maximum Gasteiger partial charge on any atom is 0.255 e. The number of halogens is 2. The molecule has 29 heavy (non-hydrogen) atoms. The molecule has 0 aliphatic heterocycles. The normalized spacial score (nSPS) is 10.6. The van der Waals surface area contributed by atoms with Crippen molar-refractivity contribution in [1.82, 2.24) is 19.9 Å². The monoisotopic (exact) mass is 389 g/mol. The Kier molecular flexibility index (Phi) is 4.98. The maximum absolute atomic E-state index is 13.9. The Morgan fingerprint density at radius 2 is 1.48 bits per heavy atom. The van der Waals surface area contributed by atoms with Gasteiger partial charge in [-0.05, 0) is 36.4 Å². The zero-order valence-electron chi connectivity index (χ0n) is 14.9. The molecule has 4 aromatic rings. The van der Waals surface area contributed by atoms with E-state index in [4.69, 9.17) is 0 Å². The lowest BCUT2D eigenvalue weighted by Crippen LogP contribution is -2.13. The molecule has 2 aromatic carbocycles. The molecule has 0 saturated heterocycles. The van der Waals surface area contributed by atoms with Crippen molar-refractivity contribution in [2.75, 3.05) is 5.32 Å². The van der Waals surface area contributed by atoms with Gasteiger partial charge in [-0.15, -0.1) is 0 Å². The molecule has 0 saturated carbocycles. The lowest BCUT2D eigenvalue weighted by atomic mass is 9.98. The summed E-state index contributed by atoms with van der Waals surface area (Å²) in [5.41, 5.74) is 2.62. The number of hydrogen-bond acceptors (Lipinski definition) is 5. The van der Waals surface area contributed by atoms with Gasteiger partial charge in [-0.2, -0.15) is 0 Å². The van der Waals surface area contributed by atoms with E-state index < -0.39 is 17.5 Å². The Labute approximate surface area is 164 Å². The van der Waals surface area contributed by atoms with E-state index in [1.807, 2.05) is 0 Å². The summed E-state index contributed by atoms with van der Waals surface area (Å²) in [7, 11) is 0. The minimum absolute atomic E-state index is 0.238. The first kappa shape index (κ1) is 18.3. The topological polar surface area (TPSA) is 80.7 Å². The van der Waals surface area contributed by atoms with Crippen molar-refractivity contribution in [3.05, 3.63) is 90.8 Å². The minimum Gasteiger partial charge on any atom is -0.319 e. The fourth-order valence-electron chi connectivity index (χ4n) is 2.81. The van der Waals surface area contributed by atoms with Gasteiger partial charge in [0.05, 0.1) is 17.1 Å². The number of hydrogen-bond donors (Lipinski definition) is 1. The van der Waals surface area contributed by atoms with Crippen LogP contribution < -0.4 is 5.32 Å². The van der Waals surface area contributed by atoms with Gasteiger partial charge in [0.1, 0.15) is 24.3 Å². The number of aromatic nitrogens is 4. The fourth-order valence-corrected chi connectivity index (χ4v) is 2.81. The summed E-state index contributed by atoms with van der Waals surface area (Å²) in [6.45, 7) is 0. The molecule has 2 heterocycles. The number of carbonyl (C=O) groups excluding carboxylic acids is 1. The highest BCUT2D eigenvalue weighted by Gasteiger charge is 2.15. The second-order valence-electron chi connectivity index (χ2n) is 6.03. The third kappa shape index (κ3) is 3.96. The maximum atomic E-state index is 13.9. The Bertz CT molecular complexity index is 1170. The van der Waals surface area contributed by atoms with Gasteiger partial charge in [-0.3, -0.25) is 4.79 Å². The molecular weight excluding hydrogens is 376 g/mol. The van der Waals surface area contributed by atoms with Crippen molar-refractivity contribution in [2.24, 2.45) is 0 Å². The van der Waals surface area contributed by atoms with Gasteiger partial charge < -0.3 is 5.32 Å². The predicted octanol–water partition coefficient (Wildman–Crippen LogP) is 4.13. The number of nitrogens with one attached hydrogen (secondary N) is 1. The summed E-state index contributed by atoms with van der Waals surface area (Å²) in [6, 6.07) is 11.2. The zero-order chi connectivity index (χ0) is 20.2. The Balaban J connectivity index is 1.76. The van der Waals surface area contributed by atoms with E-state index in [0.717, 1.165) is 23.8 Å². The zero-order valence-corrected chi connectivity index (χ0v) is 14.9. The van der Waals surface area contributed by atoms with Gasteiger partial charge in [0, 0.05) is 35.2 Å². The van der Waals surface area contributed by atoms with E-state index in [-0.39, 0.29) is 11.3 Å². The lowest BCUT2D eigenvalue weighted by molar-refractivity contribution is 0.102. The molecule has 1 N–H and O–H groups in total. The molecule has 0 bridgehead atoms. The molecule has 0 spiro atoms. The molecule has 0 aliphatic rings. The number of carbonyl (C=O) groups is 1. The molecule has 2 aromatic heterocycles. The van der Waals surface area contributed by atoms with Crippen molar-refractivity contribution in [3.63, 3.8) is 0 Å². The van der Waals surface area contributed by atoms with Crippen LogP contribution >= 0.6 is 0 Å². The average molecular weight is 389 g/mol. The molecule has 1 amide bonds. The SMILES string of the molecule is O=C(Nc1cc(F)ccc1F)c1ccc(-c2ccncn2)c(-c2ccncn2)c1. The second kappa shape index (κ2) is 7.89. The standard InChI is InChI=1S/C21H13F2N5O/c22-14-2-4-17(23)20(10-14)28-21(29)13-1-3-15(18-5-7-24-11-26-18)16(9-13)19-6-8-25-12-27-19/h1-12H,(H,28,29). The van der Waals surface area contributed by atoms with Gasteiger partial charge in [0.15, 0.2) is 0 Å². The van der Waals surface area contributed by atoms with E-state index in [9.17, 15) is 13.6 Å². The van der Waals surface area contributed by atoms with Crippen molar-refractivity contribution >= 4 is 11.6 Å². The number of anilines is 1. The lowest BCUT2D eigenvalue weighted by Gasteiger charge is -2.12. The van der Waals surface area contributed by atoms with Gasteiger partial charge in [0.2, 0.25) is 0 Å². The van der Waals surface area contributed by atoms with E-state index in [1.54, 1.807) is 42.7 Å². The molecule has 0 atom stereocenters. The second-order valence-corrected chi connectivity index (χ2v) is 6.03. The molecule has 8 heteroatoms. The van der Waals surface area contributed by atoms with Crippen LogP contribution in [0.3, 0.4) is 0 Å². The highest BCUT2D eigenvalue weighted by Crippen LogP contribution is 2.30. The van der Waals surface area contributed by atoms with Gasteiger partial charge in [-0.25, -0.2) is 28.7 Å². The first-order chi connectivity index (χ1) is 14.1. The van der Waals surface area contributed by atoms with Crippen LogP contribution in [0.1, 0.15) is 10.4 Å². The summed E-state index contributed by atoms with van der Waals surface area (Å²) in [5.74, 6) is -1.96. The number of benzene rings is 2. The van der Waals surface area contributed by atoms with E-state index >= 15 is 0 Å². The summed E-state index contributed by atoms with van der Waals surface area (Å²) < 4.78 is 27.2.